The molecule has 2 heterocycles. The fourth-order valence-corrected chi connectivity index (χ4v) is 3.77. The van der Waals surface area contributed by atoms with Gasteiger partial charge in [-0.3, -0.25) is 4.99 Å². The maximum Gasteiger partial charge on any atom is 0.191 e. The van der Waals surface area contributed by atoms with Gasteiger partial charge in [0.05, 0.1) is 17.2 Å². The molecular weight excluding hydrogens is 457 g/mol. The zero-order valence-electron chi connectivity index (χ0n) is 15.7. The summed E-state index contributed by atoms with van der Waals surface area (Å²) >= 11 is 1.72. The van der Waals surface area contributed by atoms with E-state index >= 15 is 0 Å². The highest BCUT2D eigenvalue weighted by molar-refractivity contribution is 14.0. The first-order valence-corrected chi connectivity index (χ1v) is 9.78. The van der Waals surface area contributed by atoms with Gasteiger partial charge in [0.1, 0.15) is 0 Å². The standard InChI is InChI=1S/C19H27N5S.HI/c1-4-18-22-16(13-25-18)11-21-19(20-3)23-15-9-10-24(12-15)17-7-5-14(2)6-8-17;/h5-8,13,15H,4,9-12H2,1-3H3,(H2,20,21,23);1H. The lowest BCUT2D eigenvalue weighted by atomic mass is 10.2. The van der Waals surface area contributed by atoms with Crippen LogP contribution in [0.15, 0.2) is 34.6 Å². The summed E-state index contributed by atoms with van der Waals surface area (Å²) < 4.78 is 0. The van der Waals surface area contributed by atoms with Gasteiger partial charge in [0.2, 0.25) is 0 Å². The van der Waals surface area contributed by atoms with Crippen LogP contribution in [0.1, 0.15) is 29.6 Å². The van der Waals surface area contributed by atoms with E-state index in [0.29, 0.717) is 12.6 Å². The van der Waals surface area contributed by atoms with E-state index in [0.717, 1.165) is 37.6 Å². The Morgan fingerprint density at radius 2 is 2.12 bits per heavy atom. The van der Waals surface area contributed by atoms with E-state index in [1.54, 1.807) is 11.3 Å². The minimum atomic E-state index is 0. The van der Waals surface area contributed by atoms with Crippen LogP contribution >= 0.6 is 35.3 Å². The number of aromatic nitrogens is 1. The molecule has 0 saturated carbocycles. The minimum Gasteiger partial charge on any atom is -0.369 e. The van der Waals surface area contributed by atoms with Gasteiger partial charge in [0.25, 0.3) is 0 Å². The van der Waals surface area contributed by atoms with E-state index < -0.39 is 0 Å². The molecule has 1 unspecified atom stereocenters. The fourth-order valence-electron chi connectivity index (χ4n) is 3.02. The zero-order chi connectivity index (χ0) is 17.6. The second-order valence-electron chi connectivity index (χ2n) is 6.42. The van der Waals surface area contributed by atoms with Gasteiger partial charge in [-0.1, -0.05) is 24.6 Å². The molecular formula is C19H28IN5S. The second kappa shape index (κ2) is 10.1. The molecule has 2 aromatic rings. The Balaban J connectivity index is 0.00000243. The van der Waals surface area contributed by atoms with Crippen LogP contribution in [0.2, 0.25) is 0 Å². The molecule has 0 amide bonds. The number of nitrogens with zero attached hydrogens (tertiary/aromatic N) is 3. The van der Waals surface area contributed by atoms with Crippen LogP contribution in [-0.4, -0.2) is 37.1 Å². The molecule has 1 fully saturated rings. The van der Waals surface area contributed by atoms with Crippen LogP contribution in [0.25, 0.3) is 0 Å². The Labute approximate surface area is 177 Å². The minimum absolute atomic E-state index is 0. The molecule has 142 valence electrons. The van der Waals surface area contributed by atoms with Crippen molar-refractivity contribution in [2.24, 2.45) is 4.99 Å². The molecule has 1 saturated heterocycles. The Bertz CT molecular complexity index is 713. The van der Waals surface area contributed by atoms with Gasteiger partial charge >= 0.3 is 0 Å². The Morgan fingerprint density at radius 1 is 1.35 bits per heavy atom. The smallest absolute Gasteiger partial charge is 0.191 e. The van der Waals surface area contributed by atoms with Crippen LogP contribution in [0.5, 0.6) is 0 Å². The first kappa shape index (κ1) is 21.0. The van der Waals surface area contributed by atoms with Crippen LogP contribution in [-0.2, 0) is 13.0 Å². The zero-order valence-corrected chi connectivity index (χ0v) is 18.8. The average Bonchev–Trinajstić information content (AvgIpc) is 3.28. The predicted molar refractivity (Wildman–Crippen MR) is 122 cm³/mol. The molecule has 0 radical (unpaired) electrons. The van der Waals surface area contributed by atoms with Crippen molar-refractivity contribution in [3.8, 4) is 0 Å². The van der Waals surface area contributed by atoms with Crippen LogP contribution in [0, 0.1) is 6.92 Å². The Hall–Kier alpha value is -1.35. The van der Waals surface area contributed by atoms with Gasteiger partial charge in [-0.05, 0) is 31.9 Å². The number of hydrogen-bond acceptors (Lipinski definition) is 4. The maximum atomic E-state index is 4.59. The van der Waals surface area contributed by atoms with E-state index in [-0.39, 0.29) is 24.0 Å². The van der Waals surface area contributed by atoms with E-state index in [1.807, 2.05) is 7.05 Å². The molecule has 0 spiro atoms. The van der Waals surface area contributed by atoms with Gasteiger partial charge in [0, 0.05) is 37.2 Å². The van der Waals surface area contributed by atoms with Crippen molar-refractivity contribution in [2.45, 2.75) is 39.3 Å². The summed E-state index contributed by atoms with van der Waals surface area (Å²) in [6.45, 7) is 7.05. The topological polar surface area (TPSA) is 52.6 Å². The third kappa shape index (κ3) is 5.57. The largest absolute Gasteiger partial charge is 0.369 e. The SMILES string of the molecule is CCc1nc(CNC(=NC)NC2CCN(c3ccc(C)cc3)C2)cs1.I. The number of guanidine groups is 1. The van der Waals surface area contributed by atoms with E-state index in [9.17, 15) is 0 Å². The molecule has 26 heavy (non-hydrogen) atoms. The highest BCUT2D eigenvalue weighted by Crippen LogP contribution is 2.20. The highest BCUT2D eigenvalue weighted by Gasteiger charge is 2.23. The summed E-state index contributed by atoms with van der Waals surface area (Å²) in [5.74, 6) is 0.849. The van der Waals surface area contributed by atoms with Gasteiger partial charge < -0.3 is 15.5 Å². The third-order valence-electron chi connectivity index (χ3n) is 4.49. The second-order valence-corrected chi connectivity index (χ2v) is 7.37. The summed E-state index contributed by atoms with van der Waals surface area (Å²) in [4.78, 5) is 11.4. The molecule has 2 N–H and O–H groups in total. The molecule has 7 heteroatoms. The normalized spacial score (nSPS) is 17.1. The molecule has 3 rings (SSSR count). The summed E-state index contributed by atoms with van der Waals surface area (Å²) in [6.07, 6.45) is 2.11. The molecule has 1 aliphatic heterocycles. The van der Waals surface area contributed by atoms with Gasteiger partial charge in [-0.2, -0.15) is 0 Å². The third-order valence-corrected chi connectivity index (χ3v) is 5.53. The number of anilines is 1. The summed E-state index contributed by atoms with van der Waals surface area (Å²) in [7, 11) is 1.82. The number of thiazole rings is 1. The van der Waals surface area contributed by atoms with Crippen molar-refractivity contribution in [3.63, 3.8) is 0 Å². The number of hydrogen-bond donors (Lipinski definition) is 2. The lowest BCUT2D eigenvalue weighted by molar-refractivity contribution is 0.647. The first-order chi connectivity index (χ1) is 12.2. The van der Waals surface area contributed by atoms with Crippen LogP contribution in [0.3, 0.4) is 0 Å². The number of nitrogens with one attached hydrogen (secondary N) is 2. The van der Waals surface area contributed by atoms with E-state index in [1.165, 1.54) is 16.3 Å². The quantitative estimate of drug-likeness (QED) is 0.386. The lowest BCUT2D eigenvalue weighted by Crippen LogP contribution is -2.44. The first-order valence-electron chi connectivity index (χ1n) is 8.90. The lowest BCUT2D eigenvalue weighted by Gasteiger charge is -2.20. The van der Waals surface area contributed by atoms with Crippen molar-refractivity contribution >= 4 is 47.0 Å². The van der Waals surface area contributed by atoms with E-state index in [4.69, 9.17) is 0 Å². The van der Waals surface area contributed by atoms with Gasteiger partial charge in [-0.15, -0.1) is 35.3 Å². The molecule has 1 aromatic carbocycles. The van der Waals surface area contributed by atoms with Gasteiger partial charge in [-0.25, -0.2) is 4.98 Å². The van der Waals surface area contributed by atoms with Crippen molar-refractivity contribution in [1.29, 1.82) is 0 Å². The number of benzene rings is 1. The number of aryl methyl sites for hydroxylation is 2. The van der Waals surface area contributed by atoms with Crippen molar-refractivity contribution in [2.75, 3.05) is 25.0 Å². The summed E-state index contributed by atoms with van der Waals surface area (Å²) in [6, 6.07) is 9.18. The summed E-state index contributed by atoms with van der Waals surface area (Å²) in [5, 5.41) is 10.2. The number of rotatable bonds is 5. The van der Waals surface area contributed by atoms with Crippen molar-refractivity contribution in [3.05, 3.63) is 45.9 Å². The molecule has 5 nitrogen and oxygen atoms in total. The monoisotopic (exact) mass is 485 g/mol. The van der Waals surface area contributed by atoms with Crippen molar-refractivity contribution in [1.82, 2.24) is 15.6 Å². The average molecular weight is 485 g/mol. The molecule has 1 aliphatic rings. The van der Waals surface area contributed by atoms with Crippen LogP contribution in [0.4, 0.5) is 5.69 Å². The predicted octanol–water partition coefficient (Wildman–Crippen LogP) is 3.58. The summed E-state index contributed by atoms with van der Waals surface area (Å²) in [5.41, 5.74) is 3.68. The van der Waals surface area contributed by atoms with Crippen LogP contribution < -0.4 is 15.5 Å². The maximum absolute atomic E-state index is 4.59. The Morgan fingerprint density at radius 3 is 2.77 bits per heavy atom. The number of halogens is 1. The molecule has 0 aliphatic carbocycles. The fraction of sp³-hybridized carbons (Fsp3) is 0.474. The van der Waals surface area contributed by atoms with Crippen molar-refractivity contribution < 1.29 is 0 Å². The van der Waals surface area contributed by atoms with E-state index in [2.05, 4.69) is 69.0 Å². The number of aliphatic imine (C=N–C) groups is 1. The highest BCUT2D eigenvalue weighted by atomic mass is 127. The molecule has 1 atom stereocenters. The molecule has 1 aromatic heterocycles. The Kier molecular flexibility index (Phi) is 8.15. The molecule has 0 bridgehead atoms. The van der Waals surface area contributed by atoms with Gasteiger partial charge in [0.15, 0.2) is 5.96 Å².